The van der Waals surface area contributed by atoms with Gasteiger partial charge in [-0.15, -0.1) is 0 Å². The topological polar surface area (TPSA) is 59.7 Å². The van der Waals surface area contributed by atoms with Crippen LogP contribution in [0.5, 0.6) is 0 Å². The molecule has 1 fully saturated rings. The van der Waals surface area contributed by atoms with Gasteiger partial charge in [-0.05, 0) is 0 Å². The summed E-state index contributed by atoms with van der Waals surface area (Å²) in [7, 11) is 2.51. The van der Waals surface area contributed by atoms with Crippen LogP contribution in [0.4, 0.5) is 0 Å². The van der Waals surface area contributed by atoms with Crippen molar-refractivity contribution in [2.75, 3.05) is 0 Å². The molecule has 0 aromatic heterocycles. The number of hydrogen-bond acceptors (Lipinski definition) is 0. The van der Waals surface area contributed by atoms with Crippen molar-refractivity contribution >= 4 is 30.4 Å². The van der Waals surface area contributed by atoms with E-state index in [0.29, 0.717) is 10.8 Å². The molecule has 0 spiro atoms. The Hall–Kier alpha value is 1.29. The van der Waals surface area contributed by atoms with Crippen molar-refractivity contribution in [1.29, 1.82) is 0 Å². The van der Waals surface area contributed by atoms with Crippen LogP contribution in [0.2, 0.25) is 0 Å². The normalized spacial score (nSPS) is 22.8. The van der Waals surface area contributed by atoms with Crippen LogP contribution < -0.4 is 0 Å². The minimum Gasteiger partial charge on any atom is 0 e. The van der Waals surface area contributed by atoms with Crippen LogP contribution in [0.3, 0.4) is 0 Å². The zero-order chi connectivity index (χ0) is 16.3. The molecule has 0 aromatic rings. The summed E-state index contributed by atoms with van der Waals surface area (Å²) in [5, 5.41) is 1.04. The maximum atomic E-state index is 7.50. The standard InChI is InChI=1S/C10H22P2Se.3CO.Mo/c1-9(2,3)7-11-8(13-12-7)10(4,5)6;3*1-2;/h7-8,11-12H,1-6H3;;;;. The van der Waals surface area contributed by atoms with E-state index in [9.17, 15) is 0 Å². The average Bonchev–Trinajstić information content (AvgIpc) is 2.86. The molecule has 0 amide bonds. The quantitative estimate of drug-likeness (QED) is 0.228. The van der Waals surface area contributed by atoms with E-state index in [-0.39, 0.29) is 21.1 Å². The molecule has 0 bridgehead atoms. The molecule has 0 N–H and O–H groups in total. The molecule has 0 aromatic carbocycles. The van der Waals surface area contributed by atoms with Crippen molar-refractivity contribution in [2.24, 2.45) is 10.8 Å². The van der Waals surface area contributed by atoms with E-state index in [1.54, 1.807) is 0 Å². The minimum atomic E-state index is 0. The van der Waals surface area contributed by atoms with E-state index in [1.165, 1.54) is 15.9 Å². The first-order chi connectivity index (χ1) is 8.71. The second kappa shape index (κ2) is 15.2. The molecule has 1 aliphatic rings. The molecule has 4 unspecified atom stereocenters. The van der Waals surface area contributed by atoms with Crippen LogP contribution in [0, 0.1) is 30.8 Å². The van der Waals surface area contributed by atoms with Gasteiger partial charge in [0.25, 0.3) is 0 Å². The first kappa shape index (κ1) is 29.3. The van der Waals surface area contributed by atoms with Crippen molar-refractivity contribution in [1.82, 2.24) is 0 Å². The summed E-state index contributed by atoms with van der Waals surface area (Å²) in [5.74, 6) is 0. The summed E-state index contributed by atoms with van der Waals surface area (Å²) >= 11 is 0.939. The van der Waals surface area contributed by atoms with Crippen LogP contribution in [0.15, 0.2) is 0 Å². The summed E-state index contributed by atoms with van der Waals surface area (Å²) in [4.78, 5) is 0. The summed E-state index contributed by atoms with van der Waals surface area (Å²) in [6, 6.07) is 0. The van der Waals surface area contributed by atoms with Gasteiger partial charge in [-0.25, -0.2) is 0 Å². The summed E-state index contributed by atoms with van der Waals surface area (Å²) in [6.07, 6.45) is 0. The van der Waals surface area contributed by atoms with Gasteiger partial charge in [0.05, 0.1) is 0 Å². The molecule has 0 aliphatic carbocycles. The zero-order valence-electron chi connectivity index (χ0n) is 12.7. The smallest absolute Gasteiger partial charge is 0 e. The SMILES string of the molecule is CC(C)(C)C1P[Se]C(C(C)(C)C)P1.[C-]#[O+].[C-]#[O+].[C-]#[O+].[Mo]. The second-order valence-corrected chi connectivity index (χ2v) is 14.0. The van der Waals surface area contributed by atoms with Gasteiger partial charge in [-0.3, -0.25) is 0 Å². The Morgan fingerprint density at radius 3 is 1.30 bits per heavy atom. The van der Waals surface area contributed by atoms with Crippen LogP contribution in [0.1, 0.15) is 41.5 Å². The first-order valence-corrected chi connectivity index (χ1v) is 11.2. The van der Waals surface area contributed by atoms with Gasteiger partial charge in [0.15, 0.2) is 0 Å². The van der Waals surface area contributed by atoms with Crippen LogP contribution in [-0.4, -0.2) is 24.5 Å². The Kier molecular flexibility index (Phi) is 22.3. The number of hydrogen-bond donors (Lipinski definition) is 0. The summed E-state index contributed by atoms with van der Waals surface area (Å²) in [5.41, 5.74) is 1.14. The third-order valence-electron chi connectivity index (χ3n) is 2.27. The first-order valence-electron chi connectivity index (χ1n) is 5.50. The van der Waals surface area contributed by atoms with Gasteiger partial charge in [0.2, 0.25) is 0 Å². The molecule has 0 radical (unpaired) electrons. The third kappa shape index (κ3) is 13.0. The molecule has 0 saturated carbocycles. The Labute approximate surface area is 147 Å². The molecule has 7 heteroatoms. The molecular weight excluding hydrogens is 441 g/mol. The Morgan fingerprint density at radius 2 is 1.15 bits per heavy atom. The summed E-state index contributed by atoms with van der Waals surface area (Å²) < 4.78 is 23.6. The van der Waals surface area contributed by atoms with E-state index in [0.717, 1.165) is 24.5 Å². The van der Waals surface area contributed by atoms with Crippen molar-refractivity contribution in [3.63, 3.8) is 0 Å². The van der Waals surface area contributed by atoms with Crippen LogP contribution >= 0.6 is 15.9 Å². The minimum absolute atomic E-state index is 0. The monoisotopic (exact) mass is 466 g/mol. The fourth-order valence-electron chi connectivity index (χ4n) is 1.21. The van der Waals surface area contributed by atoms with E-state index in [2.05, 4.69) is 61.5 Å². The van der Waals surface area contributed by atoms with Gasteiger partial charge >= 0.3 is 127 Å². The third-order valence-corrected chi connectivity index (χ3v) is 16.5. The van der Waals surface area contributed by atoms with E-state index >= 15 is 0 Å². The molecule has 4 atom stereocenters. The van der Waals surface area contributed by atoms with E-state index < -0.39 is 0 Å². The van der Waals surface area contributed by atoms with E-state index in [1.807, 2.05) is 0 Å². The number of rotatable bonds is 0. The largest absolute Gasteiger partial charge is 0 e. The van der Waals surface area contributed by atoms with Gasteiger partial charge in [-0.2, -0.15) is 0 Å². The molecule has 1 rings (SSSR count). The van der Waals surface area contributed by atoms with Gasteiger partial charge in [-0.1, -0.05) is 0 Å². The molecule has 20 heavy (non-hydrogen) atoms. The fourth-order valence-corrected chi connectivity index (χ4v) is 17.1. The van der Waals surface area contributed by atoms with Crippen molar-refractivity contribution in [3.05, 3.63) is 20.0 Å². The van der Waals surface area contributed by atoms with Crippen LogP contribution in [-0.2, 0) is 35.0 Å². The Bertz CT molecular complexity index is 258. The maximum absolute atomic E-state index is 7.50. The second-order valence-electron chi connectivity index (χ2n) is 5.95. The van der Waals surface area contributed by atoms with Crippen molar-refractivity contribution in [3.8, 4) is 0 Å². The fraction of sp³-hybridized carbons (Fsp3) is 0.769. The van der Waals surface area contributed by atoms with Crippen molar-refractivity contribution in [2.45, 2.75) is 51.5 Å². The van der Waals surface area contributed by atoms with Gasteiger partial charge in [0, 0.05) is 21.1 Å². The predicted molar refractivity (Wildman–Crippen MR) is 80.7 cm³/mol. The zero-order valence-corrected chi connectivity index (χ0v) is 18.4. The molecule has 3 nitrogen and oxygen atoms in total. The summed E-state index contributed by atoms with van der Waals surface area (Å²) in [6.45, 7) is 28.0. The predicted octanol–water partition coefficient (Wildman–Crippen LogP) is 3.61. The molecule has 114 valence electrons. The molecule has 1 aliphatic heterocycles. The van der Waals surface area contributed by atoms with E-state index in [4.69, 9.17) is 14.0 Å². The molecule has 1 heterocycles. The maximum Gasteiger partial charge on any atom is 0 e. The Balaban J connectivity index is -0.000000162. The van der Waals surface area contributed by atoms with Crippen molar-refractivity contribution < 1.29 is 35.0 Å². The Morgan fingerprint density at radius 1 is 0.800 bits per heavy atom. The van der Waals surface area contributed by atoms with Crippen LogP contribution in [0.25, 0.3) is 0 Å². The average molecular weight is 463 g/mol. The molecule has 1 saturated heterocycles. The van der Waals surface area contributed by atoms with Gasteiger partial charge < -0.3 is 0 Å². The van der Waals surface area contributed by atoms with Gasteiger partial charge in [0.1, 0.15) is 0 Å². The molecular formula is C13H22MoO3P2Se.